The van der Waals surface area contributed by atoms with E-state index >= 15 is 0 Å². The third kappa shape index (κ3) is 5.89. The topological polar surface area (TPSA) is 100 Å². The van der Waals surface area contributed by atoms with E-state index in [-0.39, 0.29) is 12.3 Å². The third-order valence-corrected chi connectivity index (χ3v) is 7.13. The Morgan fingerprint density at radius 1 is 1.03 bits per heavy atom. The first-order chi connectivity index (χ1) is 18.9. The van der Waals surface area contributed by atoms with Crippen LogP contribution in [0.3, 0.4) is 0 Å². The van der Waals surface area contributed by atoms with E-state index < -0.39 is 17.4 Å². The highest BCUT2D eigenvalue weighted by Gasteiger charge is 2.18. The molecular formula is C30H27N4O4S-. The lowest BCUT2D eigenvalue weighted by atomic mass is 10.1. The number of hydrogen-bond donors (Lipinski definition) is 0. The SMILES string of the molecule is CCc1nc2cc(-c3cccnc3)ccc2n1-c1ccc(CCN(C(=O)Oc2ccc(C)cc2)S(=O)[O-])cc1. The summed E-state index contributed by atoms with van der Waals surface area (Å²) in [6, 6.07) is 24.8. The van der Waals surface area contributed by atoms with Crippen LogP contribution in [0.25, 0.3) is 27.8 Å². The Morgan fingerprint density at radius 2 is 1.79 bits per heavy atom. The zero-order valence-corrected chi connectivity index (χ0v) is 22.4. The molecule has 0 aliphatic rings. The van der Waals surface area contributed by atoms with E-state index in [1.165, 1.54) is 0 Å². The van der Waals surface area contributed by atoms with Gasteiger partial charge in [0.2, 0.25) is 0 Å². The summed E-state index contributed by atoms with van der Waals surface area (Å²) in [6.45, 7) is 3.95. The molecule has 2 heterocycles. The molecule has 2 aromatic heterocycles. The van der Waals surface area contributed by atoms with Crippen LogP contribution in [0.1, 0.15) is 23.9 Å². The monoisotopic (exact) mass is 539 g/mol. The zero-order valence-electron chi connectivity index (χ0n) is 21.6. The van der Waals surface area contributed by atoms with E-state index in [4.69, 9.17) is 9.72 Å². The van der Waals surface area contributed by atoms with Gasteiger partial charge in [-0.2, -0.15) is 0 Å². The van der Waals surface area contributed by atoms with E-state index in [0.29, 0.717) is 10.7 Å². The Labute approximate surface area is 229 Å². The van der Waals surface area contributed by atoms with E-state index in [2.05, 4.69) is 34.7 Å². The molecule has 1 amide bonds. The Morgan fingerprint density at radius 3 is 2.46 bits per heavy atom. The quantitative estimate of drug-likeness (QED) is 0.231. The molecule has 1 unspecified atom stereocenters. The molecule has 5 rings (SSSR count). The molecule has 0 fully saturated rings. The van der Waals surface area contributed by atoms with Gasteiger partial charge in [0.1, 0.15) is 11.6 Å². The van der Waals surface area contributed by atoms with Crippen molar-refractivity contribution in [2.24, 2.45) is 0 Å². The highest BCUT2D eigenvalue weighted by molar-refractivity contribution is 7.77. The van der Waals surface area contributed by atoms with Crippen molar-refractivity contribution in [2.45, 2.75) is 26.7 Å². The van der Waals surface area contributed by atoms with Crippen molar-refractivity contribution in [3.63, 3.8) is 0 Å². The molecule has 5 aromatic rings. The number of imidazole rings is 1. The third-order valence-electron chi connectivity index (χ3n) is 6.44. The van der Waals surface area contributed by atoms with Crippen molar-refractivity contribution in [3.05, 3.63) is 108 Å². The lowest BCUT2D eigenvalue weighted by molar-refractivity contribution is 0.178. The van der Waals surface area contributed by atoms with E-state index in [0.717, 1.165) is 51.2 Å². The van der Waals surface area contributed by atoms with Crippen molar-refractivity contribution in [3.8, 4) is 22.6 Å². The number of rotatable bonds is 8. The minimum absolute atomic E-state index is 0.0362. The van der Waals surface area contributed by atoms with Crippen LogP contribution < -0.4 is 4.74 Å². The smallest absolute Gasteiger partial charge is 0.426 e. The van der Waals surface area contributed by atoms with E-state index in [1.54, 1.807) is 30.5 Å². The average molecular weight is 540 g/mol. The average Bonchev–Trinajstić information content (AvgIpc) is 3.33. The summed E-state index contributed by atoms with van der Waals surface area (Å²) >= 11 is -2.76. The van der Waals surface area contributed by atoms with Crippen molar-refractivity contribution < 1.29 is 18.3 Å². The number of amides is 1. The minimum Gasteiger partial charge on any atom is -0.755 e. The molecule has 0 N–H and O–H groups in total. The molecule has 8 nitrogen and oxygen atoms in total. The summed E-state index contributed by atoms with van der Waals surface area (Å²) in [5, 5.41) is 0. The number of carbonyl (C=O) groups is 1. The largest absolute Gasteiger partial charge is 0.755 e. The highest BCUT2D eigenvalue weighted by atomic mass is 32.2. The molecule has 0 aliphatic carbocycles. The van der Waals surface area contributed by atoms with Crippen molar-refractivity contribution >= 4 is 28.4 Å². The summed E-state index contributed by atoms with van der Waals surface area (Å²) in [6.07, 6.45) is 3.75. The van der Waals surface area contributed by atoms with Gasteiger partial charge in [0, 0.05) is 36.6 Å². The van der Waals surface area contributed by atoms with Gasteiger partial charge in [0.05, 0.1) is 22.3 Å². The molecule has 0 spiro atoms. The molecule has 9 heteroatoms. The summed E-state index contributed by atoms with van der Waals surface area (Å²) in [5.41, 5.74) is 6.84. The molecule has 0 aliphatic heterocycles. The Balaban J connectivity index is 1.32. The van der Waals surface area contributed by atoms with Crippen LogP contribution in [-0.2, 0) is 24.1 Å². The molecule has 0 saturated carbocycles. The summed E-state index contributed by atoms with van der Waals surface area (Å²) in [5.74, 6) is 1.23. The number of pyridine rings is 1. The summed E-state index contributed by atoms with van der Waals surface area (Å²) < 4.78 is 31.5. The fraction of sp³-hybridized carbons (Fsp3) is 0.167. The molecule has 0 saturated heterocycles. The number of carbonyl (C=O) groups excluding carboxylic acids is 1. The molecule has 0 bridgehead atoms. The summed E-state index contributed by atoms with van der Waals surface area (Å²) in [7, 11) is 0. The van der Waals surface area contributed by atoms with Crippen LogP contribution in [0.4, 0.5) is 4.79 Å². The maximum absolute atomic E-state index is 12.5. The van der Waals surface area contributed by atoms with Gasteiger partial charge in [-0.3, -0.25) is 13.8 Å². The molecule has 198 valence electrons. The zero-order chi connectivity index (χ0) is 27.4. The summed E-state index contributed by atoms with van der Waals surface area (Å²) in [4.78, 5) is 21.6. The van der Waals surface area contributed by atoms with Gasteiger partial charge in [-0.1, -0.05) is 48.9 Å². The van der Waals surface area contributed by atoms with Gasteiger partial charge in [-0.15, -0.1) is 0 Å². The minimum atomic E-state index is -2.76. The Hall–Kier alpha value is -4.34. The second-order valence-electron chi connectivity index (χ2n) is 9.08. The number of fused-ring (bicyclic) bond motifs is 1. The second kappa shape index (κ2) is 11.6. The molecule has 39 heavy (non-hydrogen) atoms. The second-order valence-corrected chi connectivity index (χ2v) is 9.95. The molecule has 3 aromatic carbocycles. The van der Waals surface area contributed by atoms with Crippen LogP contribution >= 0.6 is 0 Å². The Kier molecular flexibility index (Phi) is 7.81. The van der Waals surface area contributed by atoms with Crippen LogP contribution in [-0.4, -0.2) is 40.2 Å². The van der Waals surface area contributed by atoms with Gasteiger partial charge in [-0.25, -0.2) is 14.1 Å². The first kappa shape index (κ1) is 26.3. The standard InChI is InChI=1S/C30H28N4O4S/c1-3-29-32-27-19-23(24-5-4-17-31-20-24)10-15-28(27)34(29)25-11-8-22(9-12-25)16-18-33(39(36)37)30(35)38-26-13-6-21(2)7-14-26/h4-15,17,19-20H,3,16,18H2,1-2H3,(H,36,37)/p-1. The first-order valence-corrected chi connectivity index (χ1v) is 13.6. The highest BCUT2D eigenvalue weighted by Crippen LogP contribution is 2.27. The number of benzene rings is 3. The fourth-order valence-electron chi connectivity index (χ4n) is 4.40. The number of aryl methyl sites for hydroxylation is 2. The van der Waals surface area contributed by atoms with Gasteiger partial charge in [-0.05, 0) is 66.9 Å². The van der Waals surface area contributed by atoms with Crippen LogP contribution in [0.15, 0.2) is 91.3 Å². The number of ether oxygens (including phenoxy) is 1. The predicted octanol–water partition coefficient (Wildman–Crippen LogP) is 5.80. The lowest BCUT2D eigenvalue weighted by Crippen LogP contribution is -2.36. The van der Waals surface area contributed by atoms with E-state index in [1.807, 2.05) is 49.5 Å². The Bertz CT molecular complexity index is 1620. The fourth-order valence-corrected chi connectivity index (χ4v) is 4.79. The lowest BCUT2D eigenvalue weighted by Gasteiger charge is -2.23. The molecule has 0 radical (unpaired) electrons. The normalized spacial score (nSPS) is 11.9. The van der Waals surface area contributed by atoms with Gasteiger partial charge in [0.15, 0.2) is 0 Å². The number of hydrogen-bond acceptors (Lipinski definition) is 6. The predicted molar refractivity (Wildman–Crippen MR) is 150 cm³/mol. The van der Waals surface area contributed by atoms with Crippen LogP contribution in [0.2, 0.25) is 0 Å². The maximum Gasteiger partial charge on any atom is 0.426 e. The van der Waals surface area contributed by atoms with Gasteiger partial charge < -0.3 is 9.29 Å². The van der Waals surface area contributed by atoms with Gasteiger partial charge in [0.25, 0.3) is 0 Å². The van der Waals surface area contributed by atoms with Crippen molar-refractivity contribution in [1.29, 1.82) is 0 Å². The number of aromatic nitrogens is 3. The van der Waals surface area contributed by atoms with Crippen LogP contribution in [0.5, 0.6) is 5.75 Å². The maximum atomic E-state index is 12.5. The molecular weight excluding hydrogens is 512 g/mol. The molecule has 1 atom stereocenters. The van der Waals surface area contributed by atoms with Crippen LogP contribution in [0, 0.1) is 6.92 Å². The first-order valence-electron chi connectivity index (χ1n) is 12.6. The number of nitrogens with zero attached hydrogens (tertiary/aromatic N) is 4. The van der Waals surface area contributed by atoms with Crippen molar-refractivity contribution in [2.75, 3.05) is 6.54 Å². The van der Waals surface area contributed by atoms with Gasteiger partial charge >= 0.3 is 6.09 Å². The van der Waals surface area contributed by atoms with Crippen molar-refractivity contribution in [1.82, 2.24) is 18.8 Å². The van der Waals surface area contributed by atoms with E-state index in [9.17, 15) is 13.6 Å².